The molecule has 0 saturated heterocycles. The fourth-order valence-corrected chi connectivity index (χ4v) is 2.37. The van der Waals surface area contributed by atoms with E-state index in [9.17, 15) is 13.6 Å². The van der Waals surface area contributed by atoms with E-state index in [4.69, 9.17) is 9.90 Å². The van der Waals surface area contributed by atoms with E-state index in [0.29, 0.717) is 5.65 Å². The minimum Gasteiger partial charge on any atom is -0.760 e. The van der Waals surface area contributed by atoms with Crippen LogP contribution in [-0.2, 0) is 16.1 Å². The van der Waals surface area contributed by atoms with Gasteiger partial charge in [-0.05, 0) is 31.3 Å². The number of benzene rings is 2. The number of hydrogen-bond acceptors (Lipinski definition) is 5. The van der Waals surface area contributed by atoms with Crippen LogP contribution in [0.4, 0.5) is 0 Å². The van der Waals surface area contributed by atoms with Gasteiger partial charge in [0.2, 0.25) is 0 Å². The van der Waals surface area contributed by atoms with Gasteiger partial charge in [-0.2, -0.15) is 0 Å². The van der Waals surface area contributed by atoms with Crippen molar-refractivity contribution in [3.63, 3.8) is 0 Å². The van der Waals surface area contributed by atoms with Gasteiger partial charge in [0.05, 0.1) is 16.6 Å². The minimum absolute atomic E-state index is 0.155. The fourth-order valence-electron chi connectivity index (χ4n) is 2.37. The van der Waals surface area contributed by atoms with Crippen LogP contribution in [0.15, 0.2) is 53.3 Å². The predicted molar refractivity (Wildman–Crippen MR) is 113 cm³/mol. The number of carbonyl (C=O) groups is 1. The Morgan fingerprint density at radius 1 is 1.17 bits per heavy atom. The number of nitrogens with zero attached hydrogens (tertiary/aromatic N) is 2. The highest BCUT2D eigenvalue weighted by Crippen LogP contribution is 2.20. The molecule has 2 aromatic carbocycles. The first kappa shape index (κ1) is 24.0. The Balaban J connectivity index is 0.000000324. The first-order chi connectivity index (χ1) is 13.8. The minimum atomic E-state index is -2.07. The molecule has 2 aromatic heterocycles. The molecule has 1 atom stereocenters. The number of H-pyrrole nitrogens is 1. The van der Waals surface area contributed by atoms with E-state index in [1.54, 1.807) is 4.40 Å². The maximum atomic E-state index is 12.1. The van der Waals surface area contributed by atoms with Crippen LogP contribution in [0.2, 0.25) is 0 Å². The Kier molecular flexibility index (Phi) is 9.66. The first-order valence-electron chi connectivity index (χ1n) is 8.69. The van der Waals surface area contributed by atoms with Crippen LogP contribution in [0.25, 0.3) is 27.6 Å². The molecule has 10 heteroatoms. The lowest BCUT2D eigenvalue weighted by atomic mass is 10.2. The molecule has 0 aliphatic rings. The zero-order chi connectivity index (χ0) is 22.0. The molecule has 0 bridgehead atoms. The lowest BCUT2D eigenvalue weighted by Crippen LogP contribution is -2.15. The van der Waals surface area contributed by atoms with Crippen molar-refractivity contribution >= 4 is 44.8 Å². The third-order valence-electron chi connectivity index (χ3n) is 3.34. The van der Waals surface area contributed by atoms with Crippen LogP contribution in [0.5, 0.6) is 0 Å². The standard InChI is InChI=1S/C14H9N3O.C2H4O2.C2H6.CH5NO2S/c18-14-16-10-6-2-1-5-9(10)13-15-11-7-3-4-8-12(11)17(13)14;1-2(3)4;1-2;1-2-5(3)4/h1-8H,(H,16,18);1H3,(H,3,4);1-2H3;2H,1H3,(H,3,4)/p-1. The summed E-state index contributed by atoms with van der Waals surface area (Å²) in [6.07, 6.45) is 0. The molecule has 156 valence electrons. The van der Waals surface area contributed by atoms with Gasteiger partial charge in [0.25, 0.3) is 5.97 Å². The number of carboxylic acids is 1. The summed E-state index contributed by atoms with van der Waals surface area (Å²) in [5.74, 6) is -0.833. The Hall–Kier alpha value is -3.08. The van der Waals surface area contributed by atoms with Gasteiger partial charge in [0.1, 0.15) is 0 Å². The summed E-state index contributed by atoms with van der Waals surface area (Å²) in [5.41, 5.74) is 3.03. The second-order valence-corrected chi connectivity index (χ2v) is 6.07. The van der Waals surface area contributed by atoms with Crippen molar-refractivity contribution in [2.75, 3.05) is 7.05 Å². The SMILES string of the molecule is CC.CC(=O)O.CNS(=O)[O-].O=c1[nH]c2ccccc2c2nc3ccccc3n12. The number of aromatic nitrogens is 3. The average molecular weight is 419 g/mol. The molecule has 4 rings (SSSR count). The molecule has 9 nitrogen and oxygen atoms in total. The zero-order valence-corrected chi connectivity index (χ0v) is 17.3. The molecule has 29 heavy (non-hydrogen) atoms. The molecule has 0 aliphatic carbocycles. The second kappa shape index (κ2) is 11.7. The third kappa shape index (κ3) is 6.49. The van der Waals surface area contributed by atoms with Crippen LogP contribution in [0.1, 0.15) is 20.8 Å². The Morgan fingerprint density at radius 2 is 1.69 bits per heavy atom. The van der Waals surface area contributed by atoms with Gasteiger partial charge in [-0.15, -0.1) is 0 Å². The highest BCUT2D eigenvalue weighted by atomic mass is 32.2. The van der Waals surface area contributed by atoms with Crippen molar-refractivity contribution in [3.05, 3.63) is 59.0 Å². The Bertz CT molecular complexity index is 1170. The largest absolute Gasteiger partial charge is 0.760 e. The van der Waals surface area contributed by atoms with Gasteiger partial charge in [-0.1, -0.05) is 38.1 Å². The summed E-state index contributed by atoms with van der Waals surface area (Å²) in [6, 6.07) is 15.3. The quantitative estimate of drug-likeness (QED) is 0.405. The van der Waals surface area contributed by atoms with Gasteiger partial charge >= 0.3 is 5.69 Å². The van der Waals surface area contributed by atoms with Crippen LogP contribution in [0, 0.1) is 0 Å². The monoisotopic (exact) mass is 419 g/mol. The number of para-hydroxylation sites is 3. The molecule has 3 N–H and O–H groups in total. The number of nitrogens with one attached hydrogen (secondary N) is 2. The highest BCUT2D eigenvalue weighted by Gasteiger charge is 2.09. The van der Waals surface area contributed by atoms with Crippen molar-refractivity contribution in [1.29, 1.82) is 0 Å². The smallest absolute Gasteiger partial charge is 0.332 e. The molecule has 0 radical (unpaired) electrons. The number of fused-ring (bicyclic) bond motifs is 5. The van der Waals surface area contributed by atoms with Crippen LogP contribution in [-0.4, -0.2) is 41.3 Å². The Morgan fingerprint density at radius 3 is 2.28 bits per heavy atom. The summed E-state index contributed by atoms with van der Waals surface area (Å²) >= 11 is -2.07. The number of rotatable bonds is 1. The van der Waals surface area contributed by atoms with E-state index in [0.717, 1.165) is 28.9 Å². The molecule has 4 aromatic rings. The van der Waals surface area contributed by atoms with Crippen LogP contribution >= 0.6 is 0 Å². The molecule has 2 heterocycles. The van der Waals surface area contributed by atoms with Gasteiger partial charge in [0.15, 0.2) is 5.65 Å². The lowest BCUT2D eigenvalue weighted by molar-refractivity contribution is -0.134. The van der Waals surface area contributed by atoms with E-state index in [2.05, 4.69) is 9.97 Å². The zero-order valence-electron chi connectivity index (χ0n) is 16.5. The number of aliphatic carboxylic acids is 1. The van der Waals surface area contributed by atoms with E-state index in [-0.39, 0.29) is 5.69 Å². The predicted octanol–water partition coefficient (Wildman–Crippen LogP) is 2.45. The maximum absolute atomic E-state index is 12.1. The van der Waals surface area contributed by atoms with Crippen molar-refractivity contribution in [2.45, 2.75) is 20.8 Å². The van der Waals surface area contributed by atoms with Gasteiger partial charge in [0, 0.05) is 23.6 Å². The van der Waals surface area contributed by atoms with Crippen LogP contribution in [0.3, 0.4) is 0 Å². The lowest BCUT2D eigenvalue weighted by Gasteiger charge is -1.99. The summed E-state index contributed by atoms with van der Waals surface area (Å²) in [6.45, 7) is 5.08. The van der Waals surface area contributed by atoms with Gasteiger partial charge < -0.3 is 14.6 Å². The molecule has 0 aliphatic heterocycles. The highest BCUT2D eigenvalue weighted by molar-refractivity contribution is 7.77. The molecule has 0 spiro atoms. The molecule has 0 amide bonds. The molecule has 1 unspecified atom stereocenters. The molecular weight excluding hydrogens is 396 g/mol. The normalized spacial score (nSPS) is 10.8. The average Bonchev–Trinajstić information content (AvgIpc) is 3.10. The van der Waals surface area contributed by atoms with Crippen molar-refractivity contribution in [1.82, 2.24) is 19.1 Å². The van der Waals surface area contributed by atoms with Gasteiger partial charge in [-0.25, -0.2) is 14.2 Å². The van der Waals surface area contributed by atoms with Gasteiger partial charge in [-0.3, -0.25) is 13.7 Å². The summed E-state index contributed by atoms with van der Waals surface area (Å²) in [4.78, 5) is 28.6. The van der Waals surface area contributed by atoms with Crippen molar-refractivity contribution in [2.24, 2.45) is 0 Å². The maximum Gasteiger partial charge on any atom is 0.332 e. The second-order valence-electron chi connectivity index (χ2n) is 5.19. The Labute approximate surface area is 169 Å². The van der Waals surface area contributed by atoms with E-state index in [1.165, 1.54) is 7.05 Å². The summed E-state index contributed by atoms with van der Waals surface area (Å²) in [5, 5.41) is 8.37. The molecule has 0 fully saturated rings. The number of carboxylic acid groups (broad SMARTS) is 1. The molecular formula is C19H23N4O5S-. The van der Waals surface area contributed by atoms with E-state index >= 15 is 0 Å². The van der Waals surface area contributed by atoms with E-state index in [1.807, 2.05) is 67.1 Å². The third-order valence-corrected chi connectivity index (χ3v) is 3.67. The summed E-state index contributed by atoms with van der Waals surface area (Å²) < 4.78 is 22.1. The topological polar surface area (TPSA) is 140 Å². The molecule has 0 saturated carbocycles. The summed E-state index contributed by atoms with van der Waals surface area (Å²) in [7, 11) is 1.34. The number of aromatic amines is 1. The van der Waals surface area contributed by atoms with Crippen molar-refractivity contribution < 1.29 is 18.7 Å². The van der Waals surface area contributed by atoms with Crippen molar-refractivity contribution in [3.8, 4) is 0 Å². The van der Waals surface area contributed by atoms with E-state index < -0.39 is 17.2 Å². The number of hydrogen-bond donors (Lipinski definition) is 3. The van der Waals surface area contributed by atoms with Crippen LogP contribution < -0.4 is 10.4 Å². The number of imidazole rings is 1. The fraction of sp³-hybridized carbons (Fsp3) is 0.211. The first-order valence-corrected chi connectivity index (χ1v) is 9.77.